The second-order valence-corrected chi connectivity index (χ2v) is 1.67. The van der Waals surface area contributed by atoms with Crippen molar-refractivity contribution in [2.75, 3.05) is 13.5 Å². The molecule has 11 heavy (non-hydrogen) atoms. The number of alkyl halides is 1. The molecule has 0 bridgehead atoms. The Bertz CT molecular complexity index is 201. The van der Waals surface area contributed by atoms with Crippen LogP contribution in [0.3, 0.4) is 0 Å². The van der Waals surface area contributed by atoms with Gasteiger partial charge in [-0.2, -0.15) is 0 Å². The molecule has 3 heteroatoms. The minimum Gasteiger partial charge on any atom is -0.504 e. The summed E-state index contributed by atoms with van der Waals surface area (Å²) >= 11 is 4.64. The highest BCUT2D eigenvalue weighted by molar-refractivity contribution is 6.15. The van der Waals surface area contributed by atoms with Crippen LogP contribution in [0.25, 0.3) is 0 Å². The Hall–Kier alpha value is -0.890. The topological polar surface area (TPSA) is 29.5 Å². The van der Waals surface area contributed by atoms with Crippen molar-refractivity contribution in [3.8, 4) is 11.5 Å². The largest absolute Gasteiger partial charge is 0.504 e. The van der Waals surface area contributed by atoms with Gasteiger partial charge in [0.15, 0.2) is 11.5 Å². The maximum absolute atomic E-state index is 8.99. The average Bonchev–Trinajstić information content (AvgIpc) is 2.09. The molecule has 0 saturated carbocycles. The Morgan fingerprint density at radius 2 is 1.82 bits per heavy atom. The number of rotatable bonds is 1. The molecule has 0 amide bonds. The lowest BCUT2D eigenvalue weighted by Crippen LogP contribution is -1.80. The Morgan fingerprint density at radius 3 is 2.18 bits per heavy atom. The van der Waals surface area contributed by atoms with Crippen molar-refractivity contribution in [1.82, 2.24) is 0 Å². The maximum atomic E-state index is 8.99. The normalized spacial score (nSPS) is 7.91. The first-order chi connectivity index (χ1) is 5.34. The van der Waals surface area contributed by atoms with Crippen molar-refractivity contribution in [3.05, 3.63) is 24.3 Å². The zero-order valence-electron chi connectivity index (χ0n) is 6.54. The number of phenolic OH excluding ortho intramolecular Hbond substituents is 1. The SMILES string of the molecule is CCl.COc1ccccc1O. The summed E-state index contributed by atoms with van der Waals surface area (Å²) < 4.78 is 4.79. The number of para-hydroxylation sites is 2. The summed E-state index contributed by atoms with van der Waals surface area (Å²) in [6.45, 7) is 0. The molecule has 0 heterocycles. The third-order valence-electron chi connectivity index (χ3n) is 1.09. The van der Waals surface area contributed by atoms with Gasteiger partial charge >= 0.3 is 0 Å². The molecule has 0 aromatic heterocycles. The van der Waals surface area contributed by atoms with Gasteiger partial charge in [0.2, 0.25) is 0 Å². The first-order valence-electron chi connectivity index (χ1n) is 3.04. The van der Waals surface area contributed by atoms with Gasteiger partial charge < -0.3 is 9.84 Å². The molecule has 0 aliphatic rings. The van der Waals surface area contributed by atoms with Crippen LogP contribution in [0.2, 0.25) is 0 Å². The van der Waals surface area contributed by atoms with E-state index < -0.39 is 0 Å². The van der Waals surface area contributed by atoms with Crippen LogP contribution in [0, 0.1) is 0 Å². The van der Waals surface area contributed by atoms with Gasteiger partial charge in [-0.1, -0.05) is 12.1 Å². The summed E-state index contributed by atoms with van der Waals surface area (Å²) in [6.07, 6.45) is 1.47. The Balaban J connectivity index is 0.000000461. The number of phenols is 1. The number of aromatic hydroxyl groups is 1. The van der Waals surface area contributed by atoms with E-state index in [1.165, 1.54) is 13.5 Å². The molecule has 0 fully saturated rings. The summed E-state index contributed by atoms with van der Waals surface area (Å²) in [5.74, 6) is 0.692. The minimum absolute atomic E-state index is 0.181. The first kappa shape index (κ1) is 10.1. The number of halogens is 1. The van der Waals surface area contributed by atoms with E-state index in [0.29, 0.717) is 5.75 Å². The molecule has 0 atom stereocenters. The van der Waals surface area contributed by atoms with Gasteiger partial charge in [-0.25, -0.2) is 0 Å². The van der Waals surface area contributed by atoms with Crippen LogP contribution in [-0.4, -0.2) is 18.6 Å². The van der Waals surface area contributed by atoms with E-state index in [-0.39, 0.29) is 5.75 Å². The lowest BCUT2D eigenvalue weighted by Gasteiger charge is -1.99. The number of hydrogen-bond donors (Lipinski definition) is 1. The quantitative estimate of drug-likeness (QED) is 0.662. The molecule has 1 aromatic rings. The van der Waals surface area contributed by atoms with E-state index >= 15 is 0 Å². The van der Waals surface area contributed by atoms with Gasteiger partial charge in [0.25, 0.3) is 0 Å². The van der Waals surface area contributed by atoms with Gasteiger partial charge in [0.05, 0.1) is 7.11 Å². The average molecular weight is 175 g/mol. The fourth-order valence-electron chi connectivity index (χ4n) is 0.630. The van der Waals surface area contributed by atoms with Crippen LogP contribution in [0.15, 0.2) is 24.3 Å². The smallest absolute Gasteiger partial charge is 0.160 e. The third-order valence-corrected chi connectivity index (χ3v) is 1.09. The lowest BCUT2D eigenvalue weighted by atomic mass is 10.3. The number of benzene rings is 1. The van der Waals surface area contributed by atoms with E-state index in [2.05, 4.69) is 11.6 Å². The Kier molecular flexibility index (Phi) is 5.39. The highest BCUT2D eigenvalue weighted by Crippen LogP contribution is 2.22. The molecule has 1 aromatic carbocycles. The maximum Gasteiger partial charge on any atom is 0.160 e. The van der Waals surface area contributed by atoms with Crippen LogP contribution in [-0.2, 0) is 0 Å². The van der Waals surface area contributed by atoms with E-state index in [1.54, 1.807) is 24.3 Å². The summed E-state index contributed by atoms with van der Waals surface area (Å²) in [5.41, 5.74) is 0. The molecule has 0 saturated heterocycles. The Labute approximate surface area is 71.4 Å². The second kappa shape index (κ2) is 5.86. The summed E-state index contributed by atoms with van der Waals surface area (Å²) in [7, 11) is 1.52. The predicted molar refractivity (Wildman–Crippen MR) is 46.4 cm³/mol. The van der Waals surface area contributed by atoms with Crippen LogP contribution in [0.5, 0.6) is 11.5 Å². The molecular weight excluding hydrogens is 164 g/mol. The molecule has 2 nitrogen and oxygen atoms in total. The Morgan fingerprint density at radius 1 is 1.27 bits per heavy atom. The zero-order valence-corrected chi connectivity index (χ0v) is 7.30. The molecule has 1 N–H and O–H groups in total. The van der Waals surface area contributed by atoms with Crippen LogP contribution >= 0.6 is 11.6 Å². The van der Waals surface area contributed by atoms with Crippen molar-refractivity contribution in [2.24, 2.45) is 0 Å². The zero-order chi connectivity index (χ0) is 8.69. The molecule has 62 valence electrons. The van der Waals surface area contributed by atoms with E-state index in [4.69, 9.17) is 9.84 Å². The number of methoxy groups -OCH3 is 1. The fraction of sp³-hybridized carbons (Fsp3) is 0.250. The van der Waals surface area contributed by atoms with Gasteiger partial charge in [-0.3, -0.25) is 0 Å². The van der Waals surface area contributed by atoms with Crippen LogP contribution in [0.4, 0.5) is 0 Å². The van der Waals surface area contributed by atoms with Crippen LogP contribution in [0.1, 0.15) is 0 Å². The van der Waals surface area contributed by atoms with Gasteiger partial charge in [-0.15, -0.1) is 11.6 Å². The standard InChI is InChI=1S/C7H8O2.CH3Cl/c1-9-7-5-3-2-4-6(7)8;1-2/h2-5,8H,1H3;1H3. The highest BCUT2D eigenvalue weighted by Gasteiger charge is 1.94. The first-order valence-corrected chi connectivity index (χ1v) is 3.80. The molecule has 0 aliphatic carbocycles. The molecule has 1 rings (SSSR count). The van der Waals surface area contributed by atoms with E-state index in [1.807, 2.05) is 0 Å². The highest BCUT2D eigenvalue weighted by atomic mass is 35.5. The van der Waals surface area contributed by atoms with Gasteiger partial charge in [0.1, 0.15) is 0 Å². The van der Waals surface area contributed by atoms with Crippen molar-refractivity contribution in [1.29, 1.82) is 0 Å². The fourth-order valence-corrected chi connectivity index (χ4v) is 0.630. The third kappa shape index (κ3) is 3.14. The lowest BCUT2D eigenvalue weighted by molar-refractivity contribution is 0.373. The molecule has 0 spiro atoms. The summed E-state index contributed by atoms with van der Waals surface area (Å²) in [5, 5.41) is 8.99. The van der Waals surface area contributed by atoms with E-state index in [9.17, 15) is 0 Å². The van der Waals surface area contributed by atoms with Crippen molar-refractivity contribution < 1.29 is 9.84 Å². The predicted octanol–water partition coefficient (Wildman–Crippen LogP) is 2.26. The van der Waals surface area contributed by atoms with Crippen LogP contribution < -0.4 is 4.74 Å². The van der Waals surface area contributed by atoms with Gasteiger partial charge in [-0.05, 0) is 12.1 Å². The van der Waals surface area contributed by atoms with Crippen molar-refractivity contribution >= 4 is 11.6 Å². The number of ether oxygens (including phenoxy) is 1. The van der Waals surface area contributed by atoms with Crippen molar-refractivity contribution in [3.63, 3.8) is 0 Å². The van der Waals surface area contributed by atoms with E-state index in [0.717, 1.165) is 0 Å². The number of hydrogen-bond acceptors (Lipinski definition) is 2. The molecular formula is C8H11ClO2. The molecule has 0 radical (unpaired) electrons. The van der Waals surface area contributed by atoms with Crippen molar-refractivity contribution in [2.45, 2.75) is 0 Å². The summed E-state index contributed by atoms with van der Waals surface area (Å²) in [4.78, 5) is 0. The molecule has 0 aliphatic heterocycles. The summed E-state index contributed by atoms with van der Waals surface area (Å²) in [6, 6.07) is 6.84. The molecule has 0 unspecified atom stereocenters. The monoisotopic (exact) mass is 174 g/mol. The minimum atomic E-state index is 0.181. The van der Waals surface area contributed by atoms with Gasteiger partial charge in [0, 0.05) is 6.38 Å². The second-order valence-electron chi connectivity index (χ2n) is 1.67.